The molecule has 0 spiro atoms. The summed E-state index contributed by atoms with van der Waals surface area (Å²) in [4.78, 5) is 13.1. The van der Waals surface area contributed by atoms with Gasteiger partial charge in [-0.3, -0.25) is 0 Å². The molecule has 1 aromatic heterocycles. The first kappa shape index (κ1) is 12.9. The summed E-state index contributed by atoms with van der Waals surface area (Å²) >= 11 is 7.35. The maximum Gasteiger partial charge on any atom is 0.345 e. The third-order valence-electron chi connectivity index (χ3n) is 2.54. The standard InChI is InChI=1S/C13H12ClNO2S/c1-15(8-9-4-2-3-5-10(9)14)12-7-6-11(18-12)13(16)17/h2-7H,8H2,1H3,(H,16,17). The van der Waals surface area contributed by atoms with Gasteiger partial charge in [0.25, 0.3) is 0 Å². The van der Waals surface area contributed by atoms with Gasteiger partial charge in [-0.05, 0) is 23.8 Å². The summed E-state index contributed by atoms with van der Waals surface area (Å²) < 4.78 is 0. The van der Waals surface area contributed by atoms with E-state index in [1.807, 2.05) is 42.3 Å². The zero-order valence-electron chi connectivity index (χ0n) is 9.76. The number of hydrogen-bond acceptors (Lipinski definition) is 3. The van der Waals surface area contributed by atoms with E-state index in [-0.39, 0.29) is 0 Å². The number of benzene rings is 1. The van der Waals surface area contributed by atoms with Crippen LogP contribution in [0.5, 0.6) is 0 Å². The van der Waals surface area contributed by atoms with Gasteiger partial charge in [-0.25, -0.2) is 4.79 Å². The Balaban J connectivity index is 2.14. The summed E-state index contributed by atoms with van der Waals surface area (Å²) in [5, 5.41) is 10.5. The monoisotopic (exact) mass is 281 g/mol. The van der Waals surface area contributed by atoms with Gasteiger partial charge in [-0.15, -0.1) is 11.3 Å². The Hall–Kier alpha value is -1.52. The summed E-state index contributed by atoms with van der Waals surface area (Å²) in [6, 6.07) is 11.1. The van der Waals surface area contributed by atoms with Crippen molar-refractivity contribution < 1.29 is 9.90 Å². The fourth-order valence-corrected chi connectivity index (χ4v) is 2.61. The van der Waals surface area contributed by atoms with Crippen LogP contribution in [0.4, 0.5) is 5.00 Å². The van der Waals surface area contributed by atoms with Gasteiger partial charge < -0.3 is 10.0 Å². The molecule has 1 aromatic carbocycles. The van der Waals surface area contributed by atoms with Crippen LogP contribution < -0.4 is 4.90 Å². The van der Waals surface area contributed by atoms with Crippen LogP contribution in [0, 0.1) is 0 Å². The van der Waals surface area contributed by atoms with Crippen LogP contribution in [0.3, 0.4) is 0 Å². The first-order valence-corrected chi connectivity index (χ1v) is 6.55. The minimum Gasteiger partial charge on any atom is -0.477 e. The van der Waals surface area contributed by atoms with Crippen molar-refractivity contribution in [3.8, 4) is 0 Å². The molecule has 1 N–H and O–H groups in total. The van der Waals surface area contributed by atoms with Crippen molar-refractivity contribution in [2.24, 2.45) is 0 Å². The minimum absolute atomic E-state index is 0.344. The fourth-order valence-electron chi connectivity index (χ4n) is 1.61. The Bertz CT molecular complexity index is 568. The van der Waals surface area contributed by atoms with Crippen LogP contribution >= 0.6 is 22.9 Å². The van der Waals surface area contributed by atoms with Crippen LogP contribution in [0.15, 0.2) is 36.4 Å². The molecule has 0 atom stereocenters. The smallest absolute Gasteiger partial charge is 0.345 e. The lowest BCUT2D eigenvalue weighted by molar-refractivity contribution is 0.0702. The predicted octanol–water partition coefficient (Wildman–Crippen LogP) is 3.74. The molecule has 2 rings (SSSR count). The molecule has 18 heavy (non-hydrogen) atoms. The molecule has 0 fully saturated rings. The topological polar surface area (TPSA) is 40.5 Å². The van der Waals surface area contributed by atoms with Crippen LogP contribution in [0.2, 0.25) is 5.02 Å². The molecule has 2 aromatic rings. The summed E-state index contributed by atoms with van der Waals surface area (Å²) in [5.74, 6) is -0.891. The Morgan fingerprint density at radius 3 is 2.67 bits per heavy atom. The van der Waals surface area contributed by atoms with E-state index in [9.17, 15) is 4.79 Å². The van der Waals surface area contributed by atoms with E-state index in [1.165, 1.54) is 11.3 Å². The van der Waals surface area contributed by atoms with Crippen molar-refractivity contribution in [1.29, 1.82) is 0 Å². The molecule has 0 saturated heterocycles. The van der Waals surface area contributed by atoms with Crippen LogP contribution in [-0.2, 0) is 6.54 Å². The molecule has 1 heterocycles. The Morgan fingerprint density at radius 2 is 2.06 bits per heavy atom. The zero-order chi connectivity index (χ0) is 13.1. The van der Waals surface area contributed by atoms with Gasteiger partial charge in [0.1, 0.15) is 4.88 Å². The van der Waals surface area contributed by atoms with Crippen LogP contribution in [-0.4, -0.2) is 18.1 Å². The number of rotatable bonds is 4. The Morgan fingerprint density at radius 1 is 1.33 bits per heavy atom. The largest absolute Gasteiger partial charge is 0.477 e. The van der Waals surface area contributed by atoms with Crippen LogP contribution in [0.25, 0.3) is 0 Å². The highest BCUT2D eigenvalue weighted by Crippen LogP contribution is 2.27. The van der Waals surface area contributed by atoms with E-state index in [4.69, 9.17) is 16.7 Å². The van der Waals surface area contributed by atoms with Crippen molar-refractivity contribution in [2.75, 3.05) is 11.9 Å². The maximum atomic E-state index is 10.8. The first-order valence-electron chi connectivity index (χ1n) is 5.35. The van der Waals surface area contributed by atoms with E-state index < -0.39 is 5.97 Å². The minimum atomic E-state index is -0.891. The average molecular weight is 282 g/mol. The Labute approximate surface area is 114 Å². The number of halogens is 1. The van der Waals surface area contributed by atoms with Gasteiger partial charge in [-0.1, -0.05) is 29.8 Å². The molecular weight excluding hydrogens is 270 g/mol. The molecule has 3 nitrogen and oxygen atoms in total. The highest BCUT2D eigenvalue weighted by Gasteiger charge is 2.11. The predicted molar refractivity (Wildman–Crippen MR) is 74.8 cm³/mol. The van der Waals surface area contributed by atoms with E-state index in [2.05, 4.69) is 0 Å². The summed E-state index contributed by atoms with van der Waals surface area (Å²) in [6.45, 7) is 0.652. The third-order valence-corrected chi connectivity index (χ3v) is 4.10. The molecule has 0 saturated carbocycles. The van der Waals surface area contributed by atoms with E-state index in [0.29, 0.717) is 11.4 Å². The lowest BCUT2D eigenvalue weighted by Crippen LogP contribution is -2.15. The highest BCUT2D eigenvalue weighted by molar-refractivity contribution is 7.17. The summed E-state index contributed by atoms with van der Waals surface area (Å²) in [6.07, 6.45) is 0. The molecule has 0 aliphatic carbocycles. The average Bonchev–Trinajstić information content (AvgIpc) is 2.81. The molecule has 94 valence electrons. The van der Waals surface area contributed by atoms with E-state index in [0.717, 1.165) is 15.6 Å². The van der Waals surface area contributed by atoms with Crippen molar-refractivity contribution in [3.63, 3.8) is 0 Å². The van der Waals surface area contributed by atoms with Gasteiger partial charge in [0.05, 0.1) is 5.00 Å². The molecule has 0 aliphatic rings. The number of nitrogens with zero attached hydrogens (tertiary/aromatic N) is 1. The summed E-state index contributed by atoms with van der Waals surface area (Å²) in [5.41, 5.74) is 1.02. The second-order valence-electron chi connectivity index (χ2n) is 3.89. The van der Waals surface area contributed by atoms with Gasteiger partial charge >= 0.3 is 5.97 Å². The lowest BCUT2D eigenvalue weighted by Gasteiger charge is -2.17. The van der Waals surface area contributed by atoms with Gasteiger partial charge in [-0.2, -0.15) is 0 Å². The zero-order valence-corrected chi connectivity index (χ0v) is 11.3. The maximum absolute atomic E-state index is 10.8. The van der Waals surface area contributed by atoms with Crippen molar-refractivity contribution >= 4 is 33.9 Å². The van der Waals surface area contributed by atoms with Gasteiger partial charge in [0.15, 0.2) is 0 Å². The van der Waals surface area contributed by atoms with Crippen molar-refractivity contribution in [2.45, 2.75) is 6.54 Å². The second-order valence-corrected chi connectivity index (χ2v) is 5.36. The fraction of sp³-hybridized carbons (Fsp3) is 0.154. The second kappa shape index (κ2) is 5.42. The molecule has 0 radical (unpaired) electrons. The van der Waals surface area contributed by atoms with Crippen molar-refractivity contribution in [1.82, 2.24) is 0 Å². The van der Waals surface area contributed by atoms with E-state index >= 15 is 0 Å². The SMILES string of the molecule is CN(Cc1ccccc1Cl)c1ccc(C(=O)O)s1. The van der Waals surface area contributed by atoms with Gasteiger partial charge in [0.2, 0.25) is 0 Å². The molecular formula is C13H12ClNO2S. The number of carboxylic acid groups (broad SMARTS) is 1. The number of carboxylic acids is 1. The van der Waals surface area contributed by atoms with Crippen LogP contribution in [0.1, 0.15) is 15.2 Å². The first-order chi connectivity index (χ1) is 8.58. The molecule has 0 bridgehead atoms. The molecule has 0 unspecified atom stereocenters. The number of hydrogen-bond donors (Lipinski definition) is 1. The van der Waals surface area contributed by atoms with Crippen molar-refractivity contribution in [3.05, 3.63) is 51.9 Å². The third kappa shape index (κ3) is 2.83. The number of thiophene rings is 1. The van der Waals surface area contributed by atoms with E-state index in [1.54, 1.807) is 6.07 Å². The molecule has 0 aliphatic heterocycles. The quantitative estimate of drug-likeness (QED) is 0.928. The number of aromatic carboxylic acids is 1. The highest BCUT2D eigenvalue weighted by atomic mass is 35.5. The summed E-state index contributed by atoms with van der Waals surface area (Å²) in [7, 11) is 1.92. The molecule has 0 amide bonds. The number of carbonyl (C=O) groups is 1. The number of anilines is 1. The normalized spacial score (nSPS) is 10.3. The molecule has 5 heteroatoms. The lowest BCUT2D eigenvalue weighted by atomic mass is 10.2. The Kier molecular flexibility index (Phi) is 3.89. The van der Waals surface area contributed by atoms with Gasteiger partial charge in [0, 0.05) is 18.6 Å².